The highest BCUT2D eigenvalue weighted by atomic mass is 32.2. The van der Waals surface area contributed by atoms with Gasteiger partial charge in [0.2, 0.25) is 0 Å². The molecular weight excluding hydrogens is 450 g/mol. The van der Waals surface area contributed by atoms with E-state index in [1.165, 1.54) is 31.0 Å². The molecule has 2 aromatic carbocycles. The fourth-order valence-electron chi connectivity index (χ4n) is 3.52. The van der Waals surface area contributed by atoms with Crippen molar-refractivity contribution in [3.63, 3.8) is 0 Å². The van der Waals surface area contributed by atoms with Gasteiger partial charge in [-0.3, -0.25) is 4.79 Å². The van der Waals surface area contributed by atoms with Gasteiger partial charge in [0.25, 0.3) is 5.91 Å². The number of nitrogens with two attached hydrogens (primary N) is 1. The van der Waals surface area contributed by atoms with E-state index in [9.17, 15) is 13.6 Å². The SMILES string of the molecule is CO/N=C(\N)CCCC1(c2ccccc2)SC(c2cc(F)ccc2F)=NN1C(=O)[C@H](C)OC. The van der Waals surface area contributed by atoms with Gasteiger partial charge in [-0.2, -0.15) is 5.10 Å². The molecule has 3 rings (SSSR count). The van der Waals surface area contributed by atoms with Crippen LogP contribution in [-0.2, 0) is 19.2 Å². The number of halogens is 2. The molecule has 2 N–H and O–H groups in total. The number of thioether (sulfide) groups is 1. The lowest BCUT2D eigenvalue weighted by Crippen LogP contribution is -2.45. The Bertz CT molecular complexity index is 1050. The van der Waals surface area contributed by atoms with Crippen molar-refractivity contribution in [1.82, 2.24) is 5.01 Å². The van der Waals surface area contributed by atoms with E-state index in [0.717, 1.165) is 23.8 Å². The number of amides is 1. The zero-order chi connectivity index (χ0) is 24.0. The van der Waals surface area contributed by atoms with Gasteiger partial charge in [-0.05, 0) is 43.5 Å². The Morgan fingerprint density at radius 3 is 2.64 bits per heavy atom. The summed E-state index contributed by atoms with van der Waals surface area (Å²) >= 11 is 1.20. The number of ether oxygens (including phenoxy) is 1. The molecule has 0 saturated carbocycles. The summed E-state index contributed by atoms with van der Waals surface area (Å²) in [5.41, 5.74) is 6.64. The van der Waals surface area contributed by atoms with Crippen LogP contribution in [0.4, 0.5) is 8.78 Å². The Kier molecular flexibility index (Phi) is 8.04. The second kappa shape index (κ2) is 10.8. The van der Waals surface area contributed by atoms with Crippen LogP contribution in [0.15, 0.2) is 58.8 Å². The Balaban J connectivity index is 2.09. The van der Waals surface area contributed by atoms with Gasteiger partial charge >= 0.3 is 0 Å². The highest BCUT2D eigenvalue weighted by Crippen LogP contribution is 2.51. The van der Waals surface area contributed by atoms with Gasteiger partial charge in [0.15, 0.2) is 0 Å². The van der Waals surface area contributed by atoms with Crippen LogP contribution in [0, 0.1) is 11.6 Å². The summed E-state index contributed by atoms with van der Waals surface area (Å²) < 4.78 is 33.8. The molecule has 1 heterocycles. The number of benzene rings is 2. The van der Waals surface area contributed by atoms with Gasteiger partial charge in [0.1, 0.15) is 40.6 Å². The first-order valence-corrected chi connectivity index (χ1v) is 11.1. The Labute approximate surface area is 195 Å². The third-order valence-corrected chi connectivity index (χ3v) is 6.69. The maximum Gasteiger partial charge on any atom is 0.273 e. The van der Waals surface area contributed by atoms with E-state index in [2.05, 4.69) is 10.3 Å². The Morgan fingerprint density at radius 2 is 1.97 bits per heavy atom. The first kappa shape index (κ1) is 24.7. The molecule has 0 aliphatic carbocycles. The van der Waals surface area contributed by atoms with E-state index < -0.39 is 28.5 Å². The number of nitrogens with zero attached hydrogens (tertiary/aromatic N) is 3. The van der Waals surface area contributed by atoms with Gasteiger partial charge in [-0.1, -0.05) is 47.2 Å². The third-order valence-electron chi connectivity index (χ3n) is 5.25. The van der Waals surface area contributed by atoms with Crippen molar-refractivity contribution < 1.29 is 23.1 Å². The summed E-state index contributed by atoms with van der Waals surface area (Å²) in [6.45, 7) is 1.61. The molecule has 1 aliphatic heterocycles. The maximum absolute atomic E-state index is 14.6. The molecule has 2 aromatic rings. The van der Waals surface area contributed by atoms with Crippen molar-refractivity contribution in [2.24, 2.45) is 16.0 Å². The van der Waals surface area contributed by atoms with Crippen molar-refractivity contribution in [3.8, 4) is 0 Å². The standard InChI is InChI=1S/C23H26F2N4O3S/c1-15(31-2)22(30)29-23(16-8-5-4-6-9-16,13-7-10-20(26)28-32-3)33-21(27-29)18-14-17(24)11-12-19(18)25/h4-6,8-9,11-12,14-15H,7,10,13H2,1-3H3,(H2,26,28)/t15-,23?/m0/s1. The first-order valence-electron chi connectivity index (χ1n) is 10.3. The van der Waals surface area contributed by atoms with Crippen LogP contribution in [0.3, 0.4) is 0 Å². The minimum atomic E-state index is -1.02. The van der Waals surface area contributed by atoms with Gasteiger partial charge in [0, 0.05) is 19.1 Å². The number of hydrogen-bond donors (Lipinski definition) is 1. The molecule has 0 radical (unpaired) electrons. The van der Waals surface area contributed by atoms with Crippen molar-refractivity contribution >= 4 is 28.5 Å². The van der Waals surface area contributed by atoms with Gasteiger partial charge < -0.3 is 15.3 Å². The largest absolute Gasteiger partial charge is 0.398 e. The molecule has 1 unspecified atom stereocenters. The lowest BCUT2D eigenvalue weighted by Gasteiger charge is -2.37. The normalized spacial score (nSPS) is 19.4. The van der Waals surface area contributed by atoms with Crippen LogP contribution in [0.25, 0.3) is 0 Å². The number of oxime groups is 1. The van der Waals surface area contributed by atoms with Crippen molar-refractivity contribution in [2.45, 2.75) is 37.2 Å². The zero-order valence-corrected chi connectivity index (χ0v) is 19.4. The summed E-state index contributed by atoms with van der Waals surface area (Å²) in [4.78, 5) is 17.0. The molecule has 33 heavy (non-hydrogen) atoms. The average molecular weight is 477 g/mol. The first-order chi connectivity index (χ1) is 15.8. The van der Waals surface area contributed by atoms with E-state index in [1.54, 1.807) is 6.92 Å². The number of rotatable bonds is 9. The second-order valence-corrected chi connectivity index (χ2v) is 8.69. The number of amidine groups is 1. The molecule has 2 atom stereocenters. The summed E-state index contributed by atoms with van der Waals surface area (Å²) in [6, 6.07) is 12.5. The molecule has 0 saturated heterocycles. The van der Waals surface area contributed by atoms with Crippen LogP contribution in [0.5, 0.6) is 0 Å². The van der Waals surface area contributed by atoms with E-state index in [-0.39, 0.29) is 10.6 Å². The summed E-state index contributed by atoms with van der Waals surface area (Å²) in [5, 5.41) is 9.74. The number of hydrogen-bond acceptors (Lipinski definition) is 6. The van der Waals surface area contributed by atoms with Crippen LogP contribution >= 0.6 is 11.8 Å². The number of methoxy groups -OCH3 is 1. The quantitative estimate of drug-likeness (QED) is 0.333. The maximum atomic E-state index is 14.6. The van der Waals surface area contributed by atoms with Crippen LogP contribution in [0.1, 0.15) is 37.3 Å². The topological polar surface area (TPSA) is 89.5 Å². The van der Waals surface area contributed by atoms with Crippen LogP contribution < -0.4 is 5.73 Å². The highest BCUT2D eigenvalue weighted by molar-refractivity contribution is 8.15. The van der Waals surface area contributed by atoms with E-state index >= 15 is 0 Å². The predicted octanol–water partition coefficient (Wildman–Crippen LogP) is 4.18. The number of carbonyl (C=O) groups excluding carboxylic acids is 1. The van der Waals surface area contributed by atoms with Crippen molar-refractivity contribution in [3.05, 3.63) is 71.3 Å². The molecular formula is C23H26F2N4O3S. The van der Waals surface area contributed by atoms with E-state index in [1.807, 2.05) is 30.3 Å². The second-order valence-electron chi connectivity index (χ2n) is 7.43. The molecule has 0 bridgehead atoms. The summed E-state index contributed by atoms with van der Waals surface area (Å²) in [5.74, 6) is -1.32. The molecule has 0 spiro atoms. The van der Waals surface area contributed by atoms with Crippen molar-refractivity contribution in [2.75, 3.05) is 14.2 Å². The Hall–Kier alpha value is -2.98. The summed E-state index contributed by atoms with van der Waals surface area (Å²) in [6.07, 6.45) is 0.553. The minimum Gasteiger partial charge on any atom is -0.398 e. The fraction of sp³-hybridized carbons (Fsp3) is 0.348. The van der Waals surface area contributed by atoms with E-state index in [0.29, 0.717) is 25.1 Å². The molecule has 176 valence electrons. The number of hydrazone groups is 1. The molecule has 1 aliphatic rings. The summed E-state index contributed by atoms with van der Waals surface area (Å²) in [7, 11) is 2.83. The molecule has 1 amide bonds. The van der Waals surface area contributed by atoms with Crippen LogP contribution in [-0.4, -0.2) is 42.1 Å². The lowest BCUT2D eigenvalue weighted by molar-refractivity contribution is -0.144. The zero-order valence-electron chi connectivity index (χ0n) is 18.6. The molecule has 7 nitrogen and oxygen atoms in total. The molecule has 0 aromatic heterocycles. The van der Waals surface area contributed by atoms with Gasteiger partial charge in [-0.25, -0.2) is 13.8 Å². The Morgan fingerprint density at radius 1 is 1.24 bits per heavy atom. The number of carbonyl (C=O) groups is 1. The fourth-order valence-corrected chi connectivity index (χ4v) is 4.95. The predicted molar refractivity (Wildman–Crippen MR) is 124 cm³/mol. The van der Waals surface area contributed by atoms with Crippen LogP contribution in [0.2, 0.25) is 0 Å². The van der Waals surface area contributed by atoms with E-state index in [4.69, 9.17) is 15.3 Å². The third kappa shape index (κ3) is 5.33. The monoisotopic (exact) mass is 476 g/mol. The van der Waals surface area contributed by atoms with Crippen molar-refractivity contribution in [1.29, 1.82) is 0 Å². The minimum absolute atomic E-state index is 0.0128. The molecule has 0 fully saturated rings. The highest BCUT2D eigenvalue weighted by Gasteiger charge is 2.49. The lowest BCUT2D eigenvalue weighted by atomic mass is 9.98. The van der Waals surface area contributed by atoms with Gasteiger partial charge in [0.05, 0.1) is 0 Å². The smallest absolute Gasteiger partial charge is 0.273 e. The molecule has 10 heteroatoms. The average Bonchev–Trinajstić information content (AvgIpc) is 3.20. The van der Waals surface area contributed by atoms with Gasteiger partial charge in [-0.15, -0.1) is 0 Å².